The lowest BCUT2D eigenvalue weighted by atomic mass is 10.3. The van der Waals surface area contributed by atoms with Gasteiger partial charge in [-0.1, -0.05) is 16.5 Å². The summed E-state index contributed by atoms with van der Waals surface area (Å²) < 4.78 is 32.8. The number of benzene rings is 1. The van der Waals surface area contributed by atoms with E-state index in [0.717, 1.165) is 23.9 Å². The van der Waals surface area contributed by atoms with Crippen LogP contribution in [0.5, 0.6) is 0 Å². The predicted octanol–water partition coefficient (Wildman–Crippen LogP) is 3.47. The summed E-state index contributed by atoms with van der Waals surface area (Å²) in [5.74, 6) is -1.76. The fraction of sp³-hybridized carbons (Fsp3) is 0.353. The van der Waals surface area contributed by atoms with Crippen LogP contribution in [0.2, 0.25) is 0 Å². The average molecular weight is 380 g/mol. The average Bonchev–Trinajstić information content (AvgIpc) is 3.17. The third-order valence-corrected chi connectivity index (χ3v) is 4.73. The van der Waals surface area contributed by atoms with E-state index in [1.54, 1.807) is 6.92 Å². The van der Waals surface area contributed by atoms with E-state index < -0.39 is 17.5 Å². The molecule has 0 radical (unpaired) electrons. The van der Waals surface area contributed by atoms with E-state index in [1.165, 1.54) is 17.0 Å². The molecule has 138 valence electrons. The van der Waals surface area contributed by atoms with Gasteiger partial charge in [-0.2, -0.15) is 0 Å². The highest BCUT2D eigenvalue weighted by atomic mass is 32.1. The van der Waals surface area contributed by atoms with E-state index in [4.69, 9.17) is 4.52 Å². The number of amides is 1. The third kappa shape index (κ3) is 3.88. The second-order valence-electron chi connectivity index (χ2n) is 6.18. The minimum atomic E-state index is -0.751. The summed E-state index contributed by atoms with van der Waals surface area (Å²) in [7, 11) is 3.86. The van der Waals surface area contributed by atoms with Crippen molar-refractivity contribution < 1.29 is 18.1 Å². The van der Waals surface area contributed by atoms with Crippen molar-refractivity contribution in [1.82, 2.24) is 15.0 Å². The Balaban J connectivity index is 1.96. The molecule has 0 bridgehead atoms. The largest absolute Gasteiger partial charge is 0.351 e. The molecule has 2 heterocycles. The zero-order valence-electron chi connectivity index (χ0n) is 14.6. The molecule has 3 aromatic rings. The first-order valence-electron chi connectivity index (χ1n) is 8.00. The van der Waals surface area contributed by atoms with Crippen LogP contribution in [-0.2, 0) is 0 Å². The van der Waals surface area contributed by atoms with Crippen LogP contribution in [0.25, 0.3) is 10.2 Å². The summed E-state index contributed by atoms with van der Waals surface area (Å²) in [5.41, 5.74) is 0.629. The summed E-state index contributed by atoms with van der Waals surface area (Å²) in [6, 6.07) is 3.53. The van der Waals surface area contributed by atoms with Gasteiger partial charge < -0.3 is 9.42 Å². The number of hydrogen-bond acceptors (Lipinski definition) is 6. The first kappa shape index (κ1) is 18.4. The zero-order valence-corrected chi connectivity index (χ0v) is 15.4. The molecule has 0 unspecified atom stereocenters. The number of carbonyl (C=O) groups excluding carboxylic acids is 1. The maximum Gasteiger partial charge on any atom is 0.298 e. The van der Waals surface area contributed by atoms with E-state index in [0.29, 0.717) is 28.5 Å². The van der Waals surface area contributed by atoms with Crippen molar-refractivity contribution in [2.75, 3.05) is 32.1 Å². The van der Waals surface area contributed by atoms with Crippen LogP contribution in [0.1, 0.15) is 22.7 Å². The van der Waals surface area contributed by atoms with Crippen LogP contribution in [0, 0.1) is 18.6 Å². The second-order valence-corrected chi connectivity index (χ2v) is 7.19. The molecule has 0 N–H and O–H groups in total. The van der Waals surface area contributed by atoms with E-state index >= 15 is 0 Å². The van der Waals surface area contributed by atoms with E-state index in [-0.39, 0.29) is 11.3 Å². The molecule has 0 saturated carbocycles. The Bertz CT molecular complexity index is 938. The lowest BCUT2D eigenvalue weighted by Crippen LogP contribution is -2.33. The molecule has 26 heavy (non-hydrogen) atoms. The smallest absolute Gasteiger partial charge is 0.298 e. The number of hydrogen-bond donors (Lipinski definition) is 0. The van der Waals surface area contributed by atoms with Gasteiger partial charge in [-0.3, -0.25) is 9.69 Å². The van der Waals surface area contributed by atoms with Crippen LogP contribution in [0.15, 0.2) is 22.7 Å². The van der Waals surface area contributed by atoms with E-state index in [9.17, 15) is 13.6 Å². The number of nitrogens with zero attached hydrogens (tertiary/aromatic N) is 4. The second kappa shape index (κ2) is 7.46. The first-order chi connectivity index (χ1) is 12.3. The Morgan fingerprint density at radius 2 is 2.00 bits per heavy atom. The van der Waals surface area contributed by atoms with Gasteiger partial charge in [-0.25, -0.2) is 13.8 Å². The molecule has 0 atom stereocenters. The van der Waals surface area contributed by atoms with Crippen molar-refractivity contribution >= 4 is 32.6 Å². The Morgan fingerprint density at radius 1 is 1.23 bits per heavy atom. The van der Waals surface area contributed by atoms with Crippen molar-refractivity contribution in [3.8, 4) is 0 Å². The fourth-order valence-corrected chi connectivity index (χ4v) is 3.52. The zero-order chi connectivity index (χ0) is 18.8. The Morgan fingerprint density at radius 3 is 2.65 bits per heavy atom. The van der Waals surface area contributed by atoms with Crippen molar-refractivity contribution in [3.05, 3.63) is 41.3 Å². The molecule has 0 spiro atoms. The minimum Gasteiger partial charge on any atom is -0.351 e. The maximum absolute atomic E-state index is 14.0. The topological polar surface area (TPSA) is 62.5 Å². The minimum absolute atomic E-state index is 0.0468. The Labute approximate surface area is 153 Å². The molecule has 3 rings (SSSR count). The molecular weight excluding hydrogens is 362 g/mol. The standard InChI is InChI=1S/C17H18F2N4O2S/c1-10-7-13(25-21-10)16(24)23(6-4-5-22(2)3)17-20-15-12(19)8-11(18)9-14(15)26-17/h7-9H,4-6H2,1-3H3. The molecule has 9 heteroatoms. The van der Waals surface area contributed by atoms with Gasteiger partial charge in [-0.15, -0.1) is 0 Å². The number of rotatable bonds is 6. The number of fused-ring (bicyclic) bond motifs is 1. The van der Waals surface area contributed by atoms with Gasteiger partial charge in [0, 0.05) is 18.7 Å². The monoisotopic (exact) mass is 380 g/mol. The number of carbonyl (C=O) groups is 1. The van der Waals surface area contributed by atoms with Gasteiger partial charge in [0.2, 0.25) is 5.76 Å². The van der Waals surface area contributed by atoms with E-state index in [1.807, 2.05) is 19.0 Å². The molecule has 6 nitrogen and oxygen atoms in total. The van der Waals surface area contributed by atoms with Crippen molar-refractivity contribution in [1.29, 1.82) is 0 Å². The lowest BCUT2D eigenvalue weighted by Gasteiger charge is -2.19. The molecule has 0 aliphatic rings. The van der Waals surface area contributed by atoms with Gasteiger partial charge in [0.05, 0.1) is 10.4 Å². The van der Waals surface area contributed by atoms with Crippen LogP contribution < -0.4 is 4.90 Å². The quantitative estimate of drug-likeness (QED) is 0.655. The lowest BCUT2D eigenvalue weighted by molar-refractivity contribution is 0.0950. The summed E-state index contributed by atoms with van der Waals surface area (Å²) in [6.45, 7) is 2.83. The first-order valence-corrected chi connectivity index (χ1v) is 8.82. The highest BCUT2D eigenvalue weighted by molar-refractivity contribution is 7.22. The van der Waals surface area contributed by atoms with Gasteiger partial charge in [0.1, 0.15) is 11.3 Å². The summed E-state index contributed by atoms with van der Waals surface area (Å²) in [4.78, 5) is 20.5. The molecule has 1 amide bonds. The normalized spacial score (nSPS) is 11.5. The third-order valence-electron chi connectivity index (χ3n) is 3.70. The number of anilines is 1. The number of aromatic nitrogens is 2. The maximum atomic E-state index is 14.0. The van der Waals surface area contributed by atoms with Crippen molar-refractivity contribution in [2.24, 2.45) is 0 Å². The highest BCUT2D eigenvalue weighted by Gasteiger charge is 2.25. The molecule has 0 fully saturated rings. The van der Waals surface area contributed by atoms with Gasteiger partial charge in [0.25, 0.3) is 5.91 Å². The van der Waals surface area contributed by atoms with Gasteiger partial charge in [-0.05, 0) is 40.1 Å². The molecule has 0 aliphatic heterocycles. The molecule has 1 aromatic carbocycles. The predicted molar refractivity (Wildman–Crippen MR) is 95.6 cm³/mol. The van der Waals surface area contributed by atoms with Gasteiger partial charge >= 0.3 is 0 Å². The molecule has 0 saturated heterocycles. The van der Waals surface area contributed by atoms with Crippen LogP contribution in [-0.4, -0.2) is 48.1 Å². The van der Waals surface area contributed by atoms with Crippen molar-refractivity contribution in [3.63, 3.8) is 0 Å². The van der Waals surface area contributed by atoms with Gasteiger partial charge in [0.15, 0.2) is 10.9 Å². The van der Waals surface area contributed by atoms with Crippen LogP contribution >= 0.6 is 11.3 Å². The van der Waals surface area contributed by atoms with Crippen molar-refractivity contribution in [2.45, 2.75) is 13.3 Å². The summed E-state index contributed by atoms with van der Waals surface area (Å²) in [5, 5.41) is 4.03. The van der Waals surface area contributed by atoms with Crippen LogP contribution in [0.3, 0.4) is 0 Å². The molecule has 2 aromatic heterocycles. The number of thiazole rings is 1. The summed E-state index contributed by atoms with van der Waals surface area (Å²) in [6.07, 6.45) is 0.679. The van der Waals surface area contributed by atoms with Crippen LogP contribution in [0.4, 0.5) is 13.9 Å². The highest BCUT2D eigenvalue weighted by Crippen LogP contribution is 2.32. The molecular formula is C17H18F2N4O2S. The van der Waals surface area contributed by atoms with E-state index in [2.05, 4.69) is 10.1 Å². The Hall–Kier alpha value is -2.39. The Kier molecular flexibility index (Phi) is 5.28. The molecule has 0 aliphatic carbocycles. The SMILES string of the molecule is Cc1cc(C(=O)N(CCCN(C)C)c2nc3c(F)cc(F)cc3s2)on1. The number of halogens is 2. The fourth-order valence-electron chi connectivity index (χ4n) is 2.49. The summed E-state index contributed by atoms with van der Waals surface area (Å²) >= 11 is 1.06. The number of aryl methyl sites for hydroxylation is 1.